The standard InChI is InChI=1S/C18H19ClN2S/c1-14-5-7-15(8-6-14)18(22)21-11-9-20(10-12-21)17-4-2-3-16(19)13-17/h2-8,13H,9-12H2,1H3. The largest absolute Gasteiger partial charge is 0.368 e. The van der Waals surface area contributed by atoms with Crippen molar-refractivity contribution in [1.82, 2.24) is 4.90 Å². The van der Waals surface area contributed by atoms with Gasteiger partial charge in [-0.2, -0.15) is 0 Å². The number of hydrogen-bond donors (Lipinski definition) is 0. The topological polar surface area (TPSA) is 6.48 Å². The number of piperazine rings is 1. The van der Waals surface area contributed by atoms with Gasteiger partial charge >= 0.3 is 0 Å². The van der Waals surface area contributed by atoms with Crippen LogP contribution in [0.2, 0.25) is 5.02 Å². The third kappa shape index (κ3) is 3.42. The lowest BCUT2D eigenvalue weighted by molar-refractivity contribution is 0.392. The van der Waals surface area contributed by atoms with Gasteiger partial charge in [0.2, 0.25) is 0 Å². The molecular weight excluding hydrogens is 312 g/mol. The van der Waals surface area contributed by atoms with E-state index in [4.69, 9.17) is 23.8 Å². The van der Waals surface area contributed by atoms with Crippen molar-refractivity contribution in [3.63, 3.8) is 0 Å². The van der Waals surface area contributed by atoms with Crippen LogP contribution in [0, 0.1) is 6.92 Å². The van der Waals surface area contributed by atoms with Gasteiger partial charge in [0.05, 0.1) is 0 Å². The number of nitrogens with zero attached hydrogens (tertiary/aromatic N) is 2. The van der Waals surface area contributed by atoms with Crippen molar-refractivity contribution in [3.8, 4) is 0 Å². The van der Waals surface area contributed by atoms with Crippen LogP contribution in [0.5, 0.6) is 0 Å². The lowest BCUT2D eigenvalue weighted by Crippen LogP contribution is -2.48. The fraction of sp³-hybridized carbons (Fsp3) is 0.278. The minimum absolute atomic E-state index is 0.787. The highest BCUT2D eigenvalue weighted by atomic mass is 35.5. The number of anilines is 1. The summed E-state index contributed by atoms with van der Waals surface area (Å²) in [5.41, 5.74) is 3.59. The van der Waals surface area contributed by atoms with Crippen LogP contribution < -0.4 is 4.90 Å². The zero-order valence-electron chi connectivity index (χ0n) is 12.6. The lowest BCUT2D eigenvalue weighted by Gasteiger charge is -2.37. The minimum atomic E-state index is 0.787. The molecule has 0 aliphatic carbocycles. The summed E-state index contributed by atoms with van der Waals surface area (Å²) >= 11 is 11.7. The van der Waals surface area contributed by atoms with Crippen molar-refractivity contribution in [2.75, 3.05) is 31.1 Å². The molecule has 0 N–H and O–H groups in total. The van der Waals surface area contributed by atoms with Gasteiger partial charge in [-0.3, -0.25) is 0 Å². The highest BCUT2D eigenvalue weighted by Crippen LogP contribution is 2.21. The third-order valence-electron chi connectivity index (χ3n) is 4.04. The quantitative estimate of drug-likeness (QED) is 0.764. The molecular formula is C18H19ClN2S. The second kappa shape index (κ2) is 6.67. The number of hydrogen-bond acceptors (Lipinski definition) is 2. The molecule has 2 nitrogen and oxygen atoms in total. The second-order valence-electron chi connectivity index (χ2n) is 5.63. The van der Waals surface area contributed by atoms with Gasteiger partial charge in [-0.05, 0) is 25.1 Å². The summed E-state index contributed by atoms with van der Waals surface area (Å²) in [4.78, 5) is 5.60. The maximum Gasteiger partial charge on any atom is 0.109 e. The van der Waals surface area contributed by atoms with Gasteiger partial charge in [-0.1, -0.05) is 59.7 Å². The highest BCUT2D eigenvalue weighted by Gasteiger charge is 2.20. The van der Waals surface area contributed by atoms with E-state index >= 15 is 0 Å². The fourth-order valence-electron chi connectivity index (χ4n) is 2.72. The Morgan fingerprint density at radius 3 is 2.32 bits per heavy atom. The lowest BCUT2D eigenvalue weighted by atomic mass is 10.1. The molecule has 3 rings (SSSR count). The monoisotopic (exact) mass is 330 g/mol. The number of aryl methyl sites for hydroxylation is 1. The van der Waals surface area contributed by atoms with Crippen molar-refractivity contribution in [2.45, 2.75) is 6.92 Å². The molecule has 1 aliphatic heterocycles. The molecule has 4 heteroatoms. The fourth-order valence-corrected chi connectivity index (χ4v) is 3.22. The van der Waals surface area contributed by atoms with E-state index in [2.05, 4.69) is 47.1 Å². The maximum atomic E-state index is 6.08. The summed E-state index contributed by atoms with van der Waals surface area (Å²) < 4.78 is 0. The van der Waals surface area contributed by atoms with Crippen LogP contribution in [-0.4, -0.2) is 36.1 Å². The van der Waals surface area contributed by atoms with Crippen LogP contribution in [-0.2, 0) is 0 Å². The normalized spacial score (nSPS) is 15.0. The number of halogens is 1. The van der Waals surface area contributed by atoms with Crippen LogP contribution >= 0.6 is 23.8 Å². The Balaban J connectivity index is 1.64. The van der Waals surface area contributed by atoms with Crippen LogP contribution in [0.3, 0.4) is 0 Å². The summed E-state index contributed by atoms with van der Waals surface area (Å²) in [7, 11) is 0. The van der Waals surface area contributed by atoms with Crippen LogP contribution in [0.1, 0.15) is 11.1 Å². The van der Waals surface area contributed by atoms with Crippen LogP contribution in [0.4, 0.5) is 5.69 Å². The molecule has 114 valence electrons. The molecule has 22 heavy (non-hydrogen) atoms. The van der Waals surface area contributed by atoms with Gasteiger partial charge < -0.3 is 9.80 Å². The van der Waals surface area contributed by atoms with Gasteiger partial charge in [-0.25, -0.2) is 0 Å². The number of rotatable bonds is 2. The molecule has 2 aromatic rings. The van der Waals surface area contributed by atoms with E-state index in [1.807, 2.05) is 18.2 Å². The Morgan fingerprint density at radius 1 is 1.00 bits per heavy atom. The van der Waals surface area contributed by atoms with Gasteiger partial charge in [0, 0.05) is 42.5 Å². The molecule has 0 atom stereocenters. The molecule has 0 amide bonds. The smallest absolute Gasteiger partial charge is 0.109 e. The molecule has 0 radical (unpaired) electrons. The molecule has 0 aromatic heterocycles. The molecule has 1 saturated heterocycles. The van der Waals surface area contributed by atoms with Gasteiger partial charge in [0.1, 0.15) is 4.99 Å². The Kier molecular flexibility index (Phi) is 4.65. The van der Waals surface area contributed by atoms with E-state index in [1.54, 1.807) is 0 Å². The van der Waals surface area contributed by atoms with E-state index in [1.165, 1.54) is 11.3 Å². The van der Waals surface area contributed by atoms with E-state index in [0.29, 0.717) is 0 Å². The summed E-state index contributed by atoms with van der Waals surface area (Å²) in [6, 6.07) is 16.5. The van der Waals surface area contributed by atoms with E-state index in [9.17, 15) is 0 Å². The van der Waals surface area contributed by atoms with E-state index in [0.717, 1.165) is 41.8 Å². The van der Waals surface area contributed by atoms with Gasteiger partial charge in [0.15, 0.2) is 0 Å². The molecule has 0 bridgehead atoms. The zero-order valence-corrected chi connectivity index (χ0v) is 14.2. The van der Waals surface area contributed by atoms with Crippen molar-refractivity contribution < 1.29 is 0 Å². The summed E-state index contributed by atoms with van der Waals surface area (Å²) in [5.74, 6) is 0. The first-order valence-corrected chi connectivity index (χ1v) is 8.28. The summed E-state index contributed by atoms with van der Waals surface area (Å²) in [6.45, 7) is 5.91. The maximum absolute atomic E-state index is 6.08. The molecule has 2 aromatic carbocycles. The van der Waals surface area contributed by atoms with Crippen molar-refractivity contribution in [2.24, 2.45) is 0 Å². The Morgan fingerprint density at radius 2 is 1.68 bits per heavy atom. The third-order valence-corrected chi connectivity index (χ3v) is 4.77. The molecule has 0 spiro atoms. The summed E-state index contributed by atoms with van der Waals surface area (Å²) in [5, 5.41) is 0.787. The van der Waals surface area contributed by atoms with Crippen molar-refractivity contribution >= 4 is 34.5 Å². The minimum Gasteiger partial charge on any atom is -0.368 e. The Labute approximate surface area is 142 Å². The first-order chi connectivity index (χ1) is 10.6. The Bertz CT molecular complexity index is 661. The van der Waals surface area contributed by atoms with E-state index in [-0.39, 0.29) is 0 Å². The highest BCUT2D eigenvalue weighted by molar-refractivity contribution is 7.80. The first kappa shape index (κ1) is 15.3. The molecule has 0 unspecified atom stereocenters. The molecule has 1 aliphatic rings. The average Bonchev–Trinajstić information content (AvgIpc) is 2.55. The van der Waals surface area contributed by atoms with Crippen molar-refractivity contribution in [1.29, 1.82) is 0 Å². The summed E-state index contributed by atoms with van der Waals surface area (Å²) in [6.07, 6.45) is 0. The average molecular weight is 331 g/mol. The molecule has 0 saturated carbocycles. The molecule has 1 heterocycles. The predicted octanol–water partition coefficient (Wildman–Crippen LogP) is 4.15. The molecule has 1 fully saturated rings. The first-order valence-electron chi connectivity index (χ1n) is 7.50. The van der Waals surface area contributed by atoms with E-state index < -0.39 is 0 Å². The number of thiocarbonyl (C=S) groups is 1. The predicted molar refractivity (Wildman–Crippen MR) is 98.1 cm³/mol. The Hall–Kier alpha value is -1.58. The number of benzene rings is 2. The van der Waals surface area contributed by atoms with Crippen LogP contribution in [0.25, 0.3) is 0 Å². The van der Waals surface area contributed by atoms with Crippen LogP contribution in [0.15, 0.2) is 48.5 Å². The second-order valence-corrected chi connectivity index (χ2v) is 6.45. The SMILES string of the molecule is Cc1ccc(C(=S)N2CCN(c3cccc(Cl)c3)CC2)cc1. The zero-order chi connectivity index (χ0) is 15.5. The van der Waals surface area contributed by atoms with Gasteiger partial charge in [0.25, 0.3) is 0 Å². The van der Waals surface area contributed by atoms with Gasteiger partial charge in [-0.15, -0.1) is 0 Å². The van der Waals surface area contributed by atoms with Crippen molar-refractivity contribution in [3.05, 3.63) is 64.7 Å².